The lowest BCUT2D eigenvalue weighted by Crippen LogP contribution is -2.26. The molecule has 1 amide bonds. The molecule has 0 spiro atoms. The number of halogens is 2. The zero-order valence-electron chi connectivity index (χ0n) is 10.2. The van der Waals surface area contributed by atoms with Gasteiger partial charge in [0.15, 0.2) is 0 Å². The van der Waals surface area contributed by atoms with Crippen molar-refractivity contribution in [3.8, 4) is 0 Å². The summed E-state index contributed by atoms with van der Waals surface area (Å²) in [4.78, 5) is 11.6. The second-order valence-electron chi connectivity index (χ2n) is 4.28. The van der Waals surface area contributed by atoms with Gasteiger partial charge in [-0.25, -0.2) is 8.78 Å². The third-order valence-corrected chi connectivity index (χ3v) is 2.66. The van der Waals surface area contributed by atoms with Crippen LogP contribution < -0.4 is 5.32 Å². The summed E-state index contributed by atoms with van der Waals surface area (Å²) >= 11 is 0. The van der Waals surface area contributed by atoms with Crippen molar-refractivity contribution in [3.05, 3.63) is 35.4 Å². The summed E-state index contributed by atoms with van der Waals surface area (Å²) in [5, 5.41) is 11.3. The Morgan fingerprint density at radius 3 is 2.56 bits per heavy atom. The maximum absolute atomic E-state index is 13.3. The zero-order valence-corrected chi connectivity index (χ0v) is 10.2. The van der Waals surface area contributed by atoms with Gasteiger partial charge in [0, 0.05) is 13.2 Å². The van der Waals surface area contributed by atoms with Crippen LogP contribution in [0.5, 0.6) is 0 Å². The average Bonchev–Trinajstić information content (AvgIpc) is 2.34. The quantitative estimate of drug-likeness (QED) is 0.767. The molecule has 0 aliphatic heterocycles. The molecule has 0 aliphatic carbocycles. The summed E-state index contributed by atoms with van der Waals surface area (Å²) in [5.74, 6) is -2.32. The van der Waals surface area contributed by atoms with Gasteiger partial charge in [0.1, 0.15) is 17.2 Å². The number of benzene rings is 1. The van der Waals surface area contributed by atoms with Crippen LogP contribution in [0.1, 0.15) is 30.1 Å². The van der Waals surface area contributed by atoms with Crippen LogP contribution in [-0.4, -0.2) is 24.2 Å². The van der Waals surface area contributed by atoms with Crippen molar-refractivity contribution in [1.29, 1.82) is 0 Å². The number of hydrogen-bond acceptors (Lipinski definition) is 2. The highest BCUT2D eigenvalue weighted by Gasteiger charge is 2.16. The van der Waals surface area contributed by atoms with Gasteiger partial charge in [0.2, 0.25) is 0 Å². The first-order valence-electron chi connectivity index (χ1n) is 5.89. The molecule has 0 aromatic heterocycles. The topological polar surface area (TPSA) is 49.3 Å². The van der Waals surface area contributed by atoms with Gasteiger partial charge >= 0.3 is 0 Å². The highest BCUT2D eigenvalue weighted by Crippen LogP contribution is 2.11. The minimum atomic E-state index is -0.865. The van der Waals surface area contributed by atoms with E-state index in [0.29, 0.717) is 13.0 Å². The lowest BCUT2D eigenvalue weighted by molar-refractivity contribution is 0.0943. The fourth-order valence-corrected chi connectivity index (χ4v) is 1.55. The number of rotatable bonds is 6. The number of carbonyl (C=O) groups is 1. The summed E-state index contributed by atoms with van der Waals surface area (Å²) in [6, 6.07) is 3.31. The SMILES string of the molecule is CC(CO)CCCNC(=O)c1c(F)cccc1F. The van der Waals surface area contributed by atoms with Crippen molar-refractivity contribution in [1.82, 2.24) is 5.32 Å². The molecule has 0 saturated heterocycles. The first-order chi connectivity index (χ1) is 8.56. The molecule has 100 valence electrons. The molecule has 0 aliphatic rings. The second-order valence-corrected chi connectivity index (χ2v) is 4.28. The van der Waals surface area contributed by atoms with E-state index in [1.165, 1.54) is 6.07 Å². The smallest absolute Gasteiger partial charge is 0.257 e. The first kappa shape index (κ1) is 14.6. The fraction of sp³-hybridized carbons (Fsp3) is 0.462. The Morgan fingerprint density at radius 2 is 2.00 bits per heavy atom. The Kier molecular flexibility index (Phi) is 5.71. The molecule has 1 unspecified atom stereocenters. The van der Waals surface area contributed by atoms with Crippen LogP contribution in [0.4, 0.5) is 8.78 Å². The largest absolute Gasteiger partial charge is 0.396 e. The van der Waals surface area contributed by atoms with Crippen LogP contribution in [-0.2, 0) is 0 Å². The van der Waals surface area contributed by atoms with E-state index in [2.05, 4.69) is 5.32 Å². The third kappa shape index (κ3) is 4.07. The predicted octanol–water partition coefficient (Wildman–Crippen LogP) is 2.10. The number of carbonyl (C=O) groups excluding carboxylic acids is 1. The number of nitrogens with one attached hydrogen (secondary N) is 1. The molecule has 0 bridgehead atoms. The molecule has 5 heteroatoms. The molecule has 0 fully saturated rings. The van der Waals surface area contributed by atoms with Gasteiger partial charge in [-0.15, -0.1) is 0 Å². The fourth-order valence-electron chi connectivity index (χ4n) is 1.55. The van der Waals surface area contributed by atoms with Crippen LogP contribution in [0.2, 0.25) is 0 Å². The summed E-state index contributed by atoms with van der Waals surface area (Å²) in [6.45, 7) is 2.31. The number of aliphatic hydroxyl groups is 1. The molecule has 0 radical (unpaired) electrons. The van der Waals surface area contributed by atoms with E-state index in [0.717, 1.165) is 18.6 Å². The van der Waals surface area contributed by atoms with Crippen molar-refractivity contribution in [3.63, 3.8) is 0 Å². The van der Waals surface area contributed by atoms with E-state index in [9.17, 15) is 13.6 Å². The first-order valence-corrected chi connectivity index (χ1v) is 5.89. The van der Waals surface area contributed by atoms with E-state index in [4.69, 9.17) is 5.11 Å². The summed E-state index contributed by atoms with van der Waals surface area (Å²) in [7, 11) is 0. The minimum absolute atomic E-state index is 0.0931. The lowest BCUT2D eigenvalue weighted by atomic mass is 10.1. The zero-order chi connectivity index (χ0) is 13.5. The van der Waals surface area contributed by atoms with Gasteiger partial charge in [0.05, 0.1) is 0 Å². The number of amides is 1. The van der Waals surface area contributed by atoms with Crippen molar-refractivity contribution >= 4 is 5.91 Å². The van der Waals surface area contributed by atoms with Crippen LogP contribution in [0.25, 0.3) is 0 Å². The molecule has 2 N–H and O–H groups in total. The third-order valence-electron chi connectivity index (χ3n) is 2.66. The minimum Gasteiger partial charge on any atom is -0.396 e. The molecule has 0 heterocycles. The van der Waals surface area contributed by atoms with Crippen LogP contribution in [0.3, 0.4) is 0 Å². The lowest BCUT2D eigenvalue weighted by Gasteiger charge is -2.09. The molecule has 1 atom stereocenters. The van der Waals surface area contributed by atoms with E-state index < -0.39 is 23.1 Å². The van der Waals surface area contributed by atoms with Crippen molar-refractivity contribution in [2.75, 3.05) is 13.2 Å². The van der Waals surface area contributed by atoms with E-state index >= 15 is 0 Å². The van der Waals surface area contributed by atoms with Crippen molar-refractivity contribution in [2.24, 2.45) is 5.92 Å². The van der Waals surface area contributed by atoms with Crippen molar-refractivity contribution in [2.45, 2.75) is 19.8 Å². The summed E-state index contributed by atoms with van der Waals surface area (Å²) < 4.78 is 26.5. The highest BCUT2D eigenvalue weighted by molar-refractivity contribution is 5.94. The molecule has 0 saturated carbocycles. The van der Waals surface area contributed by atoms with Gasteiger partial charge in [-0.05, 0) is 30.9 Å². The predicted molar refractivity (Wildman–Crippen MR) is 64.2 cm³/mol. The van der Waals surface area contributed by atoms with Gasteiger partial charge in [-0.2, -0.15) is 0 Å². The molecule has 18 heavy (non-hydrogen) atoms. The van der Waals surface area contributed by atoms with Crippen LogP contribution in [0.15, 0.2) is 18.2 Å². The standard InChI is InChI=1S/C13H17F2NO2/c1-9(8-17)4-3-7-16-13(18)12-10(14)5-2-6-11(12)15/h2,5-6,9,17H,3-4,7-8H2,1H3,(H,16,18). The average molecular weight is 257 g/mol. The van der Waals surface area contributed by atoms with Crippen LogP contribution >= 0.6 is 0 Å². The van der Waals surface area contributed by atoms with Gasteiger partial charge < -0.3 is 10.4 Å². The summed E-state index contributed by atoms with van der Waals surface area (Å²) in [6.07, 6.45) is 1.40. The second kappa shape index (κ2) is 7.06. The summed E-state index contributed by atoms with van der Waals surface area (Å²) in [5.41, 5.74) is -0.548. The Balaban J connectivity index is 2.46. The molecule has 3 nitrogen and oxygen atoms in total. The normalized spacial score (nSPS) is 12.2. The molecular formula is C13H17F2NO2. The Labute approximate surface area is 105 Å². The molecule has 1 aromatic rings. The van der Waals surface area contributed by atoms with Crippen LogP contribution in [0, 0.1) is 17.6 Å². The van der Waals surface area contributed by atoms with E-state index in [-0.39, 0.29) is 12.5 Å². The van der Waals surface area contributed by atoms with E-state index in [1.54, 1.807) is 0 Å². The Hall–Kier alpha value is -1.49. The van der Waals surface area contributed by atoms with Gasteiger partial charge in [-0.3, -0.25) is 4.79 Å². The van der Waals surface area contributed by atoms with E-state index in [1.807, 2.05) is 6.92 Å². The maximum Gasteiger partial charge on any atom is 0.257 e. The monoisotopic (exact) mass is 257 g/mol. The molecular weight excluding hydrogens is 240 g/mol. The van der Waals surface area contributed by atoms with Gasteiger partial charge in [-0.1, -0.05) is 13.0 Å². The Morgan fingerprint density at radius 1 is 1.39 bits per heavy atom. The number of aliphatic hydroxyl groups excluding tert-OH is 1. The molecule has 1 aromatic carbocycles. The Bertz CT molecular complexity index is 390. The highest BCUT2D eigenvalue weighted by atomic mass is 19.1. The molecule has 1 rings (SSSR count). The van der Waals surface area contributed by atoms with Crippen molar-refractivity contribution < 1.29 is 18.7 Å². The van der Waals surface area contributed by atoms with Gasteiger partial charge in [0.25, 0.3) is 5.91 Å². The maximum atomic E-state index is 13.3. The number of hydrogen-bond donors (Lipinski definition) is 2.